The topological polar surface area (TPSA) is 104 Å². The first-order valence-corrected chi connectivity index (χ1v) is 12.0. The van der Waals surface area contributed by atoms with Crippen LogP contribution in [0.25, 0.3) is 5.76 Å². The zero-order valence-electron chi connectivity index (χ0n) is 22.4. The summed E-state index contributed by atoms with van der Waals surface area (Å²) in [5.41, 5.74) is 1.61. The van der Waals surface area contributed by atoms with Crippen molar-refractivity contribution in [2.24, 2.45) is 5.92 Å². The van der Waals surface area contributed by atoms with E-state index in [4.69, 9.17) is 23.7 Å². The van der Waals surface area contributed by atoms with Crippen LogP contribution in [0, 0.1) is 12.8 Å². The Hall–Kier alpha value is -3.72. The molecule has 1 N–H and O–H groups in total. The van der Waals surface area contributed by atoms with Crippen molar-refractivity contribution in [3.05, 3.63) is 52.6 Å². The predicted octanol–water partition coefficient (Wildman–Crippen LogP) is 4.12. The molecule has 2 aromatic carbocycles. The van der Waals surface area contributed by atoms with Crippen molar-refractivity contribution < 1.29 is 38.4 Å². The van der Waals surface area contributed by atoms with Gasteiger partial charge in [-0.3, -0.25) is 9.59 Å². The lowest BCUT2D eigenvalue weighted by molar-refractivity contribution is -0.140. The Bertz CT molecular complexity index is 1160. The molecular formula is C28H35NO8. The zero-order valence-corrected chi connectivity index (χ0v) is 22.4. The number of ketones is 1. The molecule has 0 unspecified atom stereocenters. The molecule has 1 heterocycles. The molecule has 0 bridgehead atoms. The Balaban J connectivity index is 2.19. The molecule has 1 aliphatic rings. The third kappa shape index (κ3) is 5.67. The Morgan fingerprint density at radius 2 is 1.65 bits per heavy atom. The van der Waals surface area contributed by atoms with Crippen LogP contribution in [0.15, 0.2) is 35.9 Å². The third-order valence-electron chi connectivity index (χ3n) is 6.12. The van der Waals surface area contributed by atoms with E-state index in [9.17, 15) is 14.7 Å². The van der Waals surface area contributed by atoms with E-state index in [0.717, 1.165) is 0 Å². The highest BCUT2D eigenvalue weighted by Gasteiger charge is 2.46. The molecule has 9 nitrogen and oxygen atoms in total. The lowest BCUT2D eigenvalue weighted by Crippen LogP contribution is -2.32. The predicted molar refractivity (Wildman–Crippen MR) is 138 cm³/mol. The lowest BCUT2D eigenvalue weighted by Gasteiger charge is -2.26. The molecule has 37 heavy (non-hydrogen) atoms. The molecule has 9 heteroatoms. The summed E-state index contributed by atoms with van der Waals surface area (Å²) in [7, 11) is 5.96. The standard InChI is InChI=1S/C28H35NO8/c1-16(2)15-37-19-8-9-20(17(3)12-19)25(30)23-24(29(10-11-33-4)28(32)26(23)31)18-13-21(34-5)27(36-7)22(14-18)35-6/h8-9,12-14,16,24,30H,10-11,15H2,1-7H3/t24-/m1/s1. The molecule has 1 amide bonds. The number of aliphatic hydroxyl groups is 1. The number of aliphatic hydroxyl groups excluding tert-OH is 1. The van der Waals surface area contributed by atoms with E-state index in [-0.39, 0.29) is 24.5 Å². The first kappa shape index (κ1) is 27.9. The van der Waals surface area contributed by atoms with Crippen LogP contribution in [-0.2, 0) is 14.3 Å². The van der Waals surface area contributed by atoms with Gasteiger partial charge in [-0.05, 0) is 54.3 Å². The maximum absolute atomic E-state index is 13.3. The van der Waals surface area contributed by atoms with Crippen LogP contribution in [0.3, 0.4) is 0 Å². The number of nitrogens with zero attached hydrogens (tertiary/aromatic N) is 1. The Morgan fingerprint density at radius 3 is 2.16 bits per heavy atom. The van der Waals surface area contributed by atoms with Crippen molar-refractivity contribution in [2.45, 2.75) is 26.8 Å². The van der Waals surface area contributed by atoms with E-state index in [0.29, 0.717) is 52.2 Å². The van der Waals surface area contributed by atoms with E-state index in [1.807, 2.05) is 6.92 Å². The van der Waals surface area contributed by atoms with Gasteiger partial charge in [0, 0.05) is 19.2 Å². The van der Waals surface area contributed by atoms with E-state index in [1.165, 1.54) is 33.3 Å². The summed E-state index contributed by atoms with van der Waals surface area (Å²) >= 11 is 0. The van der Waals surface area contributed by atoms with Crippen molar-refractivity contribution in [3.63, 3.8) is 0 Å². The Morgan fingerprint density at radius 1 is 1.00 bits per heavy atom. The summed E-state index contributed by atoms with van der Waals surface area (Å²) < 4.78 is 27.4. The van der Waals surface area contributed by atoms with Gasteiger partial charge in [-0.1, -0.05) is 13.8 Å². The number of rotatable bonds is 11. The number of methoxy groups -OCH3 is 4. The summed E-state index contributed by atoms with van der Waals surface area (Å²) in [6, 6.07) is 7.66. The average molecular weight is 514 g/mol. The Kier molecular flexibility index (Phi) is 9.04. The minimum atomic E-state index is -0.903. The van der Waals surface area contributed by atoms with E-state index in [2.05, 4.69) is 13.8 Å². The molecule has 200 valence electrons. The highest BCUT2D eigenvalue weighted by molar-refractivity contribution is 6.46. The molecule has 1 aliphatic heterocycles. The number of Topliss-reactive ketones (excluding diaryl/α,β-unsaturated/α-hetero) is 1. The van der Waals surface area contributed by atoms with Crippen LogP contribution in [0.2, 0.25) is 0 Å². The van der Waals surface area contributed by atoms with Gasteiger partial charge in [0.2, 0.25) is 5.75 Å². The van der Waals surface area contributed by atoms with Gasteiger partial charge in [0.05, 0.1) is 46.2 Å². The molecule has 3 rings (SSSR count). The van der Waals surface area contributed by atoms with Crippen LogP contribution in [-0.4, -0.2) is 69.9 Å². The quantitative estimate of drug-likeness (QED) is 0.272. The molecule has 0 saturated carbocycles. The van der Waals surface area contributed by atoms with Crippen molar-refractivity contribution >= 4 is 17.4 Å². The minimum Gasteiger partial charge on any atom is -0.507 e. The SMILES string of the molecule is COCCN1C(=O)C(=O)C(=C(O)c2ccc(OCC(C)C)cc2C)[C@H]1c1cc(OC)c(OC)c(OC)c1. The van der Waals surface area contributed by atoms with Gasteiger partial charge in [-0.15, -0.1) is 0 Å². The second-order valence-corrected chi connectivity index (χ2v) is 9.13. The zero-order chi connectivity index (χ0) is 27.3. The van der Waals surface area contributed by atoms with Crippen LogP contribution in [0.5, 0.6) is 23.0 Å². The van der Waals surface area contributed by atoms with E-state index in [1.54, 1.807) is 30.3 Å². The van der Waals surface area contributed by atoms with E-state index < -0.39 is 17.7 Å². The van der Waals surface area contributed by atoms with Crippen molar-refractivity contribution in [1.82, 2.24) is 4.90 Å². The number of carbonyl (C=O) groups is 2. The maximum Gasteiger partial charge on any atom is 0.295 e. The summed E-state index contributed by atoms with van der Waals surface area (Å²) in [6.45, 7) is 6.82. The fourth-order valence-electron chi connectivity index (χ4n) is 4.31. The fraction of sp³-hybridized carbons (Fsp3) is 0.429. The Labute approximate surface area is 217 Å². The molecule has 0 aliphatic carbocycles. The largest absolute Gasteiger partial charge is 0.507 e. The normalized spacial score (nSPS) is 16.9. The lowest BCUT2D eigenvalue weighted by atomic mass is 9.93. The first-order valence-electron chi connectivity index (χ1n) is 12.0. The van der Waals surface area contributed by atoms with Gasteiger partial charge >= 0.3 is 0 Å². The minimum absolute atomic E-state index is 0.0330. The van der Waals surface area contributed by atoms with Gasteiger partial charge in [0.1, 0.15) is 11.5 Å². The first-order chi connectivity index (χ1) is 17.7. The smallest absolute Gasteiger partial charge is 0.295 e. The number of ether oxygens (including phenoxy) is 5. The number of amides is 1. The van der Waals surface area contributed by atoms with E-state index >= 15 is 0 Å². The number of benzene rings is 2. The van der Waals surface area contributed by atoms with Crippen molar-refractivity contribution in [3.8, 4) is 23.0 Å². The van der Waals surface area contributed by atoms with Gasteiger partial charge < -0.3 is 33.7 Å². The molecule has 0 spiro atoms. The molecule has 1 fully saturated rings. The number of hydrogen-bond donors (Lipinski definition) is 1. The van der Waals surface area contributed by atoms with Crippen molar-refractivity contribution in [1.29, 1.82) is 0 Å². The highest BCUT2D eigenvalue weighted by atomic mass is 16.5. The van der Waals surface area contributed by atoms with Gasteiger partial charge in [0.15, 0.2) is 11.5 Å². The summed E-state index contributed by atoms with van der Waals surface area (Å²) in [5.74, 6) is 0.313. The molecular weight excluding hydrogens is 478 g/mol. The molecule has 0 radical (unpaired) electrons. The number of hydrogen-bond acceptors (Lipinski definition) is 8. The van der Waals surface area contributed by atoms with Crippen LogP contribution in [0.1, 0.15) is 36.6 Å². The number of aryl methyl sites for hydroxylation is 1. The fourth-order valence-corrected chi connectivity index (χ4v) is 4.31. The number of likely N-dealkylation sites (tertiary alicyclic amines) is 1. The molecule has 2 aromatic rings. The number of carbonyl (C=O) groups excluding carboxylic acids is 2. The summed E-state index contributed by atoms with van der Waals surface area (Å²) in [4.78, 5) is 27.8. The van der Waals surface area contributed by atoms with Crippen LogP contribution >= 0.6 is 0 Å². The second kappa shape index (κ2) is 12.0. The van der Waals surface area contributed by atoms with Crippen LogP contribution < -0.4 is 18.9 Å². The second-order valence-electron chi connectivity index (χ2n) is 9.13. The summed E-state index contributed by atoms with van der Waals surface area (Å²) in [6.07, 6.45) is 0. The maximum atomic E-state index is 13.3. The molecule has 0 aromatic heterocycles. The highest BCUT2D eigenvalue weighted by Crippen LogP contribution is 2.45. The van der Waals surface area contributed by atoms with Gasteiger partial charge in [-0.2, -0.15) is 0 Å². The molecule has 1 saturated heterocycles. The van der Waals surface area contributed by atoms with Gasteiger partial charge in [0.25, 0.3) is 11.7 Å². The molecule has 1 atom stereocenters. The average Bonchev–Trinajstić information content (AvgIpc) is 3.14. The van der Waals surface area contributed by atoms with Crippen molar-refractivity contribution in [2.75, 3.05) is 48.2 Å². The van der Waals surface area contributed by atoms with Gasteiger partial charge in [-0.25, -0.2) is 0 Å². The van der Waals surface area contributed by atoms with Crippen LogP contribution in [0.4, 0.5) is 0 Å². The summed E-state index contributed by atoms with van der Waals surface area (Å²) in [5, 5.41) is 11.4. The third-order valence-corrected chi connectivity index (χ3v) is 6.12. The monoisotopic (exact) mass is 513 g/mol.